The molecular weight excluding hydrogens is 310 g/mol. The van der Waals surface area contributed by atoms with Crippen molar-refractivity contribution in [1.82, 2.24) is 4.90 Å². The molecule has 1 fully saturated rings. The number of aliphatic carboxylic acids is 2. The van der Waals surface area contributed by atoms with Crippen molar-refractivity contribution >= 4 is 23.5 Å². The molecule has 0 bridgehead atoms. The van der Waals surface area contributed by atoms with Crippen LogP contribution in [-0.4, -0.2) is 53.3 Å². The molecule has 2 N–H and O–H groups in total. The van der Waals surface area contributed by atoms with Crippen LogP contribution in [0.25, 0.3) is 0 Å². The Balaban J connectivity index is 0.000000346. The summed E-state index contributed by atoms with van der Waals surface area (Å²) in [5, 5.41) is 15.5. The zero-order valence-corrected chi connectivity index (χ0v) is 13.2. The Morgan fingerprint density at radius 2 is 1.82 bits per heavy atom. The summed E-state index contributed by atoms with van der Waals surface area (Å²) in [6.07, 6.45) is 2.65. The highest BCUT2D eigenvalue weighted by atomic mass is 35.5. The van der Waals surface area contributed by atoms with Crippen LogP contribution in [0.3, 0.4) is 0 Å². The first-order chi connectivity index (χ1) is 10.4. The van der Waals surface area contributed by atoms with Gasteiger partial charge >= 0.3 is 11.9 Å². The number of ether oxygens (including phenoxy) is 1. The van der Waals surface area contributed by atoms with Gasteiger partial charge in [0, 0.05) is 6.54 Å². The molecule has 1 aliphatic rings. The van der Waals surface area contributed by atoms with Gasteiger partial charge in [-0.2, -0.15) is 0 Å². The molecule has 0 aromatic heterocycles. The van der Waals surface area contributed by atoms with Crippen LogP contribution < -0.4 is 4.74 Å². The maximum absolute atomic E-state index is 9.10. The third-order valence-electron chi connectivity index (χ3n) is 3.20. The molecule has 6 nitrogen and oxygen atoms in total. The number of nitrogens with zero attached hydrogens (tertiary/aromatic N) is 1. The summed E-state index contributed by atoms with van der Waals surface area (Å²) >= 11 is 6.09. The predicted octanol–water partition coefficient (Wildman–Crippen LogP) is 2.28. The average Bonchev–Trinajstić information content (AvgIpc) is 2.96. The highest BCUT2D eigenvalue weighted by molar-refractivity contribution is 6.32. The lowest BCUT2D eigenvalue weighted by Crippen LogP contribution is -2.25. The van der Waals surface area contributed by atoms with Gasteiger partial charge in [-0.25, -0.2) is 9.59 Å². The summed E-state index contributed by atoms with van der Waals surface area (Å²) in [6, 6.07) is 5.85. The van der Waals surface area contributed by atoms with Crippen molar-refractivity contribution < 1.29 is 24.5 Å². The molecule has 7 heteroatoms. The Kier molecular flexibility index (Phi) is 7.70. The SMILES string of the molecule is Cc1cccc(Cl)c1OCCN1CCCC1.O=C(O)C(=O)O. The molecule has 2 rings (SSSR count). The second-order valence-corrected chi connectivity index (χ2v) is 5.30. The minimum atomic E-state index is -1.82. The maximum Gasteiger partial charge on any atom is 0.414 e. The Morgan fingerprint density at radius 1 is 1.23 bits per heavy atom. The average molecular weight is 330 g/mol. The van der Waals surface area contributed by atoms with Gasteiger partial charge in [0.2, 0.25) is 0 Å². The summed E-state index contributed by atoms with van der Waals surface area (Å²) in [4.78, 5) is 20.6. The molecule has 1 saturated heterocycles. The van der Waals surface area contributed by atoms with E-state index in [1.165, 1.54) is 25.9 Å². The smallest absolute Gasteiger partial charge is 0.414 e. The van der Waals surface area contributed by atoms with Crippen molar-refractivity contribution in [2.75, 3.05) is 26.2 Å². The lowest BCUT2D eigenvalue weighted by Gasteiger charge is -2.16. The second kappa shape index (κ2) is 9.27. The molecule has 0 radical (unpaired) electrons. The van der Waals surface area contributed by atoms with Gasteiger partial charge in [-0.3, -0.25) is 4.90 Å². The third-order valence-corrected chi connectivity index (χ3v) is 3.50. The van der Waals surface area contributed by atoms with Gasteiger partial charge in [-0.1, -0.05) is 23.7 Å². The van der Waals surface area contributed by atoms with Gasteiger partial charge in [0.1, 0.15) is 12.4 Å². The first kappa shape index (κ1) is 18.3. The van der Waals surface area contributed by atoms with E-state index in [2.05, 4.69) is 4.90 Å². The van der Waals surface area contributed by atoms with Gasteiger partial charge in [0.15, 0.2) is 0 Å². The van der Waals surface area contributed by atoms with Gasteiger partial charge in [0.05, 0.1) is 5.02 Å². The van der Waals surface area contributed by atoms with Crippen LogP contribution in [-0.2, 0) is 9.59 Å². The molecule has 0 saturated carbocycles. The first-order valence-electron chi connectivity index (χ1n) is 6.98. The number of benzene rings is 1. The van der Waals surface area contributed by atoms with E-state index in [0.29, 0.717) is 5.02 Å². The van der Waals surface area contributed by atoms with Crippen LogP contribution in [0.4, 0.5) is 0 Å². The highest BCUT2D eigenvalue weighted by Gasteiger charge is 2.11. The number of halogens is 1. The number of rotatable bonds is 4. The van der Waals surface area contributed by atoms with Crippen molar-refractivity contribution in [3.05, 3.63) is 28.8 Å². The molecule has 1 aromatic carbocycles. The van der Waals surface area contributed by atoms with Crippen LogP contribution in [0.1, 0.15) is 18.4 Å². The number of carboxylic acid groups (broad SMARTS) is 2. The van der Waals surface area contributed by atoms with E-state index in [4.69, 9.17) is 36.1 Å². The van der Waals surface area contributed by atoms with E-state index in [9.17, 15) is 0 Å². The van der Waals surface area contributed by atoms with E-state index in [1.807, 2.05) is 25.1 Å². The number of aryl methyl sites for hydroxylation is 1. The maximum atomic E-state index is 9.10. The van der Waals surface area contributed by atoms with E-state index in [1.54, 1.807) is 0 Å². The lowest BCUT2D eigenvalue weighted by molar-refractivity contribution is -0.159. The molecule has 0 unspecified atom stereocenters. The zero-order chi connectivity index (χ0) is 16.5. The lowest BCUT2D eigenvalue weighted by atomic mass is 10.2. The van der Waals surface area contributed by atoms with Crippen LogP contribution in [0.15, 0.2) is 18.2 Å². The second-order valence-electron chi connectivity index (χ2n) is 4.89. The van der Waals surface area contributed by atoms with Crippen LogP contribution >= 0.6 is 11.6 Å². The Bertz CT molecular complexity index is 482. The molecule has 0 atom stereocenters. The summed E-state index contributed by atoms with van der Waals surface area (Å²) in [5.74, 6) is -2.81. The van der Waals surface area contributed by atoms with Gasteiger partial charge in [-0.15, -0.1) is 0 Å². The Labute approximate surface area is 134 Å². The Hall–Kier alpha value is -1.79. The summed E-state index contributed by atoms with van der Waals surface area (Å²) in [6.45, 7) is 6.18. The molecule has 22 heavy (non-hydrogen) atoms. The molecule has 0 amide bonds. The fourth-order valence-corrected chi connectivity index (χ4v) is 2.36. The molecular formula is C15H20ClNO5. The quantitative estimate of drug-likeness (QED) is 0.824. The Morgan fingerprint density at radius 3 is 2.32 bits per heavy atom. The number of carbonyl (C=O) groups is 2. The zero-order valence-electron chi connectivity index (χ0n) is 12.4. The van der Waals surface area contributed by atoms with Crippen molar-refractivity contribution in [3.63, 3.8) is 0 Å². The minimum Gasteiger partial charge on any atom is -0.490 e. The van der Waals surface area contributed by atoms with Gasteiger partial charge in [-0.05, 0) is 44.5 Å². The van der Waals surface area contributed by atoms with Crippen molar-refractivity contribution in [3.8, 4) is 5.75 Å². The fourth-order valence-electron chi connectivity index (χ4n) is 2.08. The summed E-state index contributed by atoms with van der Waals surface area (Å²) < 4.78 is 5.76. The summed E-state index contributed by atoms with van der Waals surface area (Å²) in [7, 11) is 0. The number of hydrogen-bond donors (Lipinski definition) is 2. The van der Waals surface area contributed by atoms with E-state index < -0.39 is 11.9 Å². The van der Waals surface area contributed by atoms with Crippen molar-refractivity contribution in [1.29, 1.82) is 0 Å². The van der Waals surface area contributed by atoms with E-state index in [-0.39, 0.29) is 0 Å². The first-order valence-corrected chi connectivity index (χ1v) is 7.36. The molecule has 0 spiro atoms. The van der Waals surface area contributed by atoms with Crippen molar-refractivity contribution in [2.24, 2.45) is 0 Å². The van der Waals surface area contributed by atoms with Crippen LogP contribution in [0.2, 0.25) is 5.02 Å². The standard InChI is InChI=1S/C13H18ClNO.C2H2O4/c1-11-5-4-6-12(14)13(11)16-10-9-15-7-2-3-8-15;3-1(4)2(5)6/h4-6H,2-3,7-10H2,1H3;(H,3,4)(H,5,6). The normalized spacial score (nSPS) is 14.1. The molecule has 1 heterocycles. The number of para-hydroxylation sites is 1. The monoisotopic (exact) mass is 329 g/mol. The highest BCUT2D eigenvalue weighted by Crippen LogP contribution is 2.27. The van der Waals surface area contributed by atoms with E-state index in [0.717, 1.165) is 24.5 Å². The van der Waals surface area contributed by atoms with Crippen LogP contribution in [0.5, 0.6) is 5.75 Å². The minimum absolute atomic E-state index is 0.710. The molecule has 1 aliphatic heterocycles. The van der Waals surface area contributed by atoms with E-state index >= 15 is 0 Å². The topological polar surface area (TPSA) is 87.1 Å². The number of carboxylic acids is 2. The van der Waals surface area contributed by atoms with Gasteiger partial charge in [0.25, 0.3) is 0 Å². The van der Waals surface area contributed by atoms with Crippen LogP contribution in [0, 0.1) is 6.92 Å². The third kappa shape index (κ3) is 6.32. The molecule has 122 valence electrons. The molecule has 0 aliphatic carbocycles. The number of likely N-dealkylation sites (tertiary alicyclic amines) is 1. The largest absolute Gasteiger partial charge is 0.490 e. The van der Waals surface area contributed by atoms with Gasteiger partial charge < -0.3 is 14.9 Å². The fraction of sp³-hybridized carbons (Fsp3) is 0.467. The number of hydrogen-bond acceptors (Lipinski definition) is 4. The summed E-state index contributed by atoms with van der Waals surface area (Å²) in [5.41, 5.74) is 1.11. The predicted molar refractivity (Wildman–Crippen MR) is 82.6 cm³/mol. The molecule has 1 aromatic rings. The van der Waals surface area contributed by atoms with Crippen molar-refractivity contribution in [2.45, 2.75) is 19.8 Å².